The van der Waals surface area contributed by atoms with Crippen molar-refractivity contribution >= 4 is 0 Å². The van der Waals surface area contributed by atoms with Gasteiger partial charge in [-0.1, -0.05) is 127 Å². The molecule has 184 valence electrons. The van der Waals surface area contributed by atoms with E-state index in [1.54, 1.807) is 0 Å². The maximum absolute atomic E-state index is 10.9. The van der Waals surface area contributed by atoms with Crippen LogP contribution >= 0.6 is 0 Å². The summed E-state index contributed by atoms with van der Waals surface area (Å²) >= 11 is 0. The molecule has 2 aromatic rings. The lowest BCUT2D eigenvalue weighted by atomic mass is 9.95. The third-order valence-corrected chi connectivity index (χ3v) is 6.89. The number of para-hydroxylation sites is 2. The van der Waals surface area contributed by atoms with Crippen molar-refractivity contribution in [3.63, 3.8) is 0 Å². The molecule has 0 amide bonds. The van der Waals surface area contributed by atoms with E-state index in [1.807, 2.05) is 36.4 Å². The van der Waals surface area contributed by atoms with Gasteiger partial charge in [0.2, 0.25) is 0 Å². The highest BCUT2D eigenvalue weighted by Crippen LogP contribution is 2.31. The third kappa shape index (κ3) is 10.2. The highest BCUT2D eigenvalue weighted by molar-refractivity contribution is 5.47. The molecule has 0 heterocycles. The van der Waals surface area contributed by atoms with Gasteiger partial charge in [0, 0.05) is 6.42 Å². The smallest absolute Gasteiger partial charge is 0.122 e. The Morgan fingerprint density at radius 1 is 0.455 bits per heavy atom. The molecule has 0 radical (unpaired) electrons. The lowest BCUT2D eigenvalue weighted by molar-refractivity contribution is 0.453. The van der Waals surface area contributed by atoms with Crippen LogP contribution in [-0.4, -0.2) is 10.2 Å². The molecule has 0 fully saturated rings. The van der Waals surface area contributed by atoms with Gasteiger partial charge in [-0.15, -0.1) is 0 Å². The summed E-state index contributed by atoms with van der Waals surface area (Å²) in [6.07, 6.45) is 20.3. The van der Waals surface area contributed by atoms with Gasteiger partial charge in [-0.25, -0.2) is 0 Å². The zero-order valence-electron chi connectivity index (χ0n) is 21.4. The van der Waals surface area contributed by atoms with E-state index in [4.69, 9.17) is 0 Å². The fourth-order valence-electron chi connectivity index (χ4n) is 4.73. The summed E-state index contributed by atoms with van der Waals surface area (Å²) in [5, 5.41) is 21.7. The van der Waals surface area contributed by atoms with Crippen LogP contribution in [0.2, 0.25) is 0 Å². The van der Waals surface area contributed by atoms with Gasteiger partial charge in [-0.3, -0.25) is 0 Å². The first-order valence-electron chi connectivity index (χ1n) is 13.8. The van der Waals surface area contributed by atoms with Gasteiger partial charge in [0.1, 0.15) is 11.5 Å². The molecule has 2 N–H and O–H groups in total. The molecule has 0 aliphatic rings. The Kier molecular flexibility index (Phi) is 13.7. The summed E-state index contributed by atoms with van der Waals surface area (Å²) in [4.78, 5) is 0. The minimum absolute atomic E-state index is 0.417. The van der Waals surface area contributed by atoms with E-state index in [9.17, 15) is 10.2 Å². The van der Waals surface area contributed by atoms with Crippen LogP contribution in [0.25, 0.3) is 0 Å². The number of unbranched alkanes of at least 4 members (excludes halogenated alkanes) is 12. The second-order valence-electron chi connectivity index (χ2n) is 9.77. The molecular weight excluding hydrogens is 404 g/mol. The average molecular weight is 453 g/mol. The minimum Gasteiger partial charge on any atom is -0.507 e. The van der Waals surface area contributed by atoms with Gasteiger partial charge >= 0.3 is 0 Å². The van der Waals surface area contributed by atoms with Crippen LogP contribution < -0.4 is 0 Å². The van der Waals surface area contributed by atoms with Gasteiger partial charge in [-0.05, 0) is 47.9 Å². The highest BCUT2D eigenvalue weighted by atomic mass is 16.3. The molecule has 0 saturated heterocycles. The summed E-state index contributed by atoms with van der Waals surface area (Å²) in [5.41, 5.74) is 3.91. The summed E-state index contributed by atoms with van der Waals surface area (Å²) in [6.45, 7) is 4.50. The zero-order valence-corrected chi connectivity index (χ0v) is 21.4. The van der Waals surface area contributed by atoms with Crippen molar-refractivity contribution in [2.45, 2.75) is 123 Å². The number of rotatable bonds is 18. The van der Waals surface area contributed by atoms with E-state index in [2.05, 4.69) is 13.8 Å². The van der Waals surface area contributed by atoms with Crippen molar-refractivity contribution in [2.75, 3.05) is 0 Å². The van der Waals surface area contributed by atoms with Crippen LogP contribution in [0.3, 0.4) is 0 Å². The van der Waals surface area contributed by atoms with E-state index in [0.29, 0.717) is 17.9 Å². The fourth-order valence-corrected chi connectivity index (χ4v) is 4.73. The molecule has 0 unspecified atom stereocenters. The number of phenols is 2. The van der Waals surface area contributed by atoms with Gasteiger partial charge in [0.15, 0.2) is 0 Å². The zero-order chi connectivity index (χ0) is 23.7. The first-order chi connectivity index (χ1) is 16.2. The van der Waals surface area contributed by atoms with Crippen LogP contribution in [-0.2, 0) is 19.3 Å². The largest absolute Gasteiger partial charge is 0.507 e. The second-order valence-corrected chi connectivity index (χ2v) is 9.77. The van der Waals surface area contributed by atoms with Crippen molar-refractivity contribution in [2.24, 2.45) is 0 Å². The Bertz CT molecular complexity index is 715. The highest BCUT2D eigenvalue weighted by Gasteiger charge is 2.12. The first-order valence-corrected chi connectivity index (χ1v) is 13.8. The maximum atomic E-state index is 10.9. The Morgan fingerprint density at radius 2 is 0.788 bits per heavy atom. The third-order valence-electron chi connectivity index (χ3n) is 6.89. The SMILES string of the molecule is CCCCCCCCCc1cccc(Cc2cccc(CCCCCCCCC)c2O)c1O. The predicted octanol–water partition coefficient (Wildman–Crippen LogP) is 9.27. The van der Waals surface area contributed by atoms with Crippen LogP contribution in [0.15, 0.2) is 36.4 Å². The standard InChI is InChI=1S/C31H48O2/c1-3-5-7-9-11-13-15-19-26-21-17-23-28(30(26)32)25-29-24-18-22-27(31(29)33)20-16-14-12-10-8-6-4-2/h17-18,21-24,32-33H,3-16,19-20,25H2,1-2H3. The Balaban J connectivity index is 1.85. The molecule has 0 aromatic heterocycles. The number of benzene rings is 2. The van der Waals surface area contributed by atoms with Crippen molar-refractivity contribution in [1.82, 2.24) is 0 Å². The number of hydrogen-bond donors (Lipinski definition) is 2. The van der Waals surface area contributed by atoms with Gasteiger partial charge in [0.05, 0.1) is 0 Å². The number of phenolic OH excluding ortho intramolecular Hbond substituents is 2. The second kappa shape index (κ2) is 16.6. The van der Waals surface area contributed by atoms with E-state index in [0.717, 1.165) is 47.9 Å². The maximum Gasteiger partial charge on any atom is 0.122 e. The van der Waals surface area contributed by atoms with Crippen molar-refractivity contribution in [3.8, 4) is 11.5 Å². The van der Waals surface area contributed by atoms with Gasteiger partial charge in [0.25, 0.3) is 0 Å². The molecule has 2 aromatic carbocycles. The summed E-state index contributed by atoms with van der Waals surface area (Å²) in [5.74, 6) is 0.834. The van der Waals surface area contributed by atoms with E-state index >= 15 is 0 Å². The first kappa shape index (κ1) is 27.3. The van der Waals surface area contributed by atoms with Crippen molar-refractivity contribution in [3.05, 3.63) is 58.7 Å². The van der Waals surface area contributed by atoms with Crippen molar-refractivity contribution in [1.29, 1.82) is 0 Å². The molecule has 2 heteroatoms. The van der Waals surface area contributed by atoms with Crippen LogP contribution in [0.5, 0.6) is 11.5 Å². The monoisotopic (exact) mass is 452 g/mol. The quantitative estimate of drug-likeness (QED) is 0.221. The van der Waals surface area contributed by atoms with E-state index < -0.39 is 0 Å². The molecular formula is C31H48O2. The Labute approximate surface area is 203 Å². The topological polar surface area (TPSA) is 40.5 Å². The average Bonchev–Trinajstić information content (AvgIpc) is 2.82. The Hall–Kier alpha value is -1.96. The number of aryl methyl sites for hydroxylation is 2. The summed E-state index contributed by atoms with van der Waals surface area (Å²) in [7, 11) is 0. The predicted molar refractivity (Wildman–Crippen MR) is 142 cm³/mol. The summed E-state index contributed by atoms with van der Waals surface area (Å²) < 4.78 is 0. The molecule has 0 aliphatic carbocycles. The van der Waals surface area contributed by atoms with Gasteiger partial charge < -0.3 is 10.2 Å². The molecule has 0 spiro atoms. The van der Waals surface area contributed by atoms with Crippen LogP contribution in [0.4, 0.5) is 0 Å². The number of aromatic hydroxyl groups is 2. The van der Waals surface area contributed by atoms with Gasteiger partial charge in [-0.2, -0.15) is 0 Å². The van der Waals surface area contributed by atoms with Crippen molar-refractivity contribution < 1.29 is 10.2 Å². The summed E-state index contributed by atoms with van der Waals surface area (Å²) in [6, 6.07) is 12.2. The molecule has 33 heavy (non-hydrogen) atoms. The minimum atomic E-state index is 0.417. The van der Waals surface area contributed by atoms with Crippen LogP contribution in [0.1, 0.15) is 126 Å². The normalized spacial score (nSPS) is 11.2. The van der Waals surface area contributed by atoms with E-state index in [1.165, 1.54) is 77.0 Å². The van der Waals surface area contributed by atoms with Crippen LogP contribution in [0, 0.1) is 0 Å². The fraction of sp³-hybridized carbons (Fsp3) is 0.613. The lowest BCUT2D eigenvalue weighted by Crippen LogP contribution is -1.96. The molecule has 2 rings (SSSR count). The van der Waals surface area contributed by atoms with E-state index in [-0.39, 0.29) is 0 Å². The molecule has 2 nitrogen and oxygen atoms in total. The molecule has 0 bridgehead atoms. The lowest BCUT2D eigenvalue weighted by Gasteiger charge is -2.13. The molecule has 0 saturated carbocycles. The number of hydrogen-bond acceptors (Lipinski definition) is 2. The Morgan fingerprint density at radius 3 is 1.18 bits per heavy atom. The molecule has 0 atom stereocenters. The molecule has 0 aliphatic heterocycles.